The van der Waals surface area contributed by atoms with Crippen LogP contribution in [0, 0.1) is 17.8 Å². The van der Waals surface area contributed by atoms with Crippen molar-refractivity contribution < 1.29 is 24.6 Å². The van der Waals surface area contributed by atoms with Crippen LogP contribution >= 0.6 is 0 Å². The Kier molecular flexibility index (Phi) is 8.03. The van der Waals surface area contributed by atoms with E-state index in [4.69, 9.17) is 0 Å². The smallest absolute Gasteiger partial charge is 0.306 e. The topological polar surface area (TPSA) is 104 Å². The van der Waals surface area contributed by atoms with Crippen LogP contribution in [0.4, 0.5) is 0 Å². The average molecular weight is 438 g/mol. The molecule has 170 valence electrons. The second-order valence-corrected chi connectivity index (χ2v) is 8.85. The SMILES string of the molecule is C[C@H](CC(Cc1ccc(-c2ccccc2)cc1)NC(=O)[C@H]1CCC[C@@H](C(=O)O)C1)C(=O)O. The molecule has 0 saturated heterocycles. The van der Waals surface area contributed by atoms with Gasteiger partial charge in [-0.2, -0.15) is 0 Å². The Labute approximate surface area is 188 Å². The molecule has 1 aliphatic carbocycles. The number of nitrogens with one attached hydrogen (secondary N) is 1. The summed E-state index contributed by atoms with van der Waals surface area (Å²) in [5.41, 5.74) is 3.23. The van der Waals surface area contributed by atoms with Crippen LogP contribution in [0.25, 0.3) is 11.1 Å². The molecule has 6 heteroatoms. The summed E-state index contributed by atoms with van der Waals surface area (Å²) < 4.78 is 0. The third-order valence-electron chi connectivity index (χ3n) is 6.34. The molecule has 1 saturated carbocycles. The molecule has 0 radical (unpaired) electrons. The summed E-state index contributed by atoms with van der Waals surface area (Å²) in [4.78, 5) is 35.7. The molecule has 1 unspecified atom stereocenters. The highest BCUT2D eigenvalue weighted by atomic mass is 16.4. The molecular weight excluding hydrogens is 406 g/mol. The molecule has 0 bridgehead atoms. The lowest BCUT2D eigenvalue weighted by Gasteiger charge is -2.28. The fraction of sp³-hybridized carbons (Fsp3) is 0.423. The summed E-state index contributed by atoms with van der Waals surface area (Å²) in [7, 11) is 0. The molecule has 0 heterocycles. The fourth-order valence-corrected chi connectivity index (χ4v) is 4.44. The average Bonchev–Trinajstić information content (AvgIpc) is 2.80. The van der Waals surface area contributed by atoms with Gasteiger partial charge in [-0.3, -0.25) is 14.4 Å². The second-order valence-electron chi connectivity index (χ2n) is 8.85. The minimum absolute atomic E-state index is 0.167. The number of benzene rings is 2. The monoisotopic (exact) mass is 437 g/mol. The second kappa shape index (κ2) is 10.9. The minimum atomic E-state index is -0.896. The molecule has 0 aromatic heterocycles. The van der Waals surface area contributed by atoms with Crippen molar-refractivity contribution in [2.24, 2.45) is 17.8 Å². The molecule has 0 spiro atoms. The van der Waals surface area contributed by atoms with Crippen molar-refractivity contribution in [3.05, 3.63) is 60.2 Å². The predicted molar refractivity (Wildman–Crippen MR) is 122 cm³/mol. The lowest BCUT2D eigenvalue weighted by atomic mass is 9.80. The van der Waals surface area contributed by atoms with Gasteiger partial charge >= 0.3 is 11.9 Å². The van der Waals surface area contributed by atoms with Crippen molar-refractivity contribution in [1.82, 2.24) is 5.32 Å². The van der Waals surface area contributed by atoms with Gasteiger partial charge in [-0.25, -0.2) is 0 Å². The van der Waals surface area contributed by atoms with Gasteiger partial charge in [-0.1, -0.05) is 67.9 Å². The van der Waals surface area contributed by atoms with E-state index in [0.717, 1.165) is 16.7 Å². The molecule has 4 atom stereocenters. The highest BCUT2D eigenvalue weighted by molar-refractivity contribution is 5.80. The van der Waals surface area contributed by atoms with E-state index < -0.39 is 23.8 Å². The predicted octanol–water partition coefficient (Wildman–Crippen LogP) is 4.38. The number of hydrogen-bond acceptors (Lipinski definition) is 3. The third kappa shape index (κ3) is 6.42. The van der Waals surface area contributed by atoms with E-state index in [0.29, 0.717) is 38.5 Å². The van der Waals surface area contributed by atoms with Crippen LogP contribution in [-0.2, 0) is 20.8 Å². The van der Waals surface area contributed by atoms with Crippen LogP contribution in [0.1, 0.15) is 44.6 Å². The van der Waals surface area contributed by atoms with E-state index >= 15 is 0 Å². The lowest BCUT2D eigenvalue weighted by Crippen LogP contribution is -2.43. The van der Waals surface area contributed by atoms with Gasteiger partial charge in [0.1, 0.15) is 0 Å². The fourth-order valence-electron chi connectivity index (χ4n) is 4.44. The number of amides is 1. The molecule has 0 aliphatic heterocycles. The molecule has 2 aromatic carbocycles. The van der Waals surface area contributed by atoms with Crippen LogP contribution in [0.5, 0.6) is 0 Å². The van der Waals surface area contributed by atoms with Crippen molar-refractivity contribution >= 4 is 17.8 Å². The number of carboxylic acid groups (broad SMARTS) is 2. The highest BCUT2D eigenvalue weighted by Gasteiger charge is 2.32. The standard InChI is InChI=1S/C26H31NO5/c1-17(25(29)30)14-23(27-24(28)21-8-5-9-22(16-21)26(31)32)15-18-10-12-20(13-11-18)19-6-3-2-4-7-19/h2-4,6-7,10-13,17,21-23H,5,8-9,14-16H2,1H3,(H,27,28)(H,29,30)(H,31,32)/t17-,21+,22-,23?/m1/s1. The summed E-state index contributed by atoms with van der Waals surface area (Å²) in [5.74, 6) is -3.33. The van der Waals surface area contributed by atoms with Gasteiger partial charge < -0.3 is 15.5 Å². The molecule has 6 nitrogen and oxygen atoms in total. The number of aliphatic carboxylic acids is 2. The Morgan fingerprint density at radius 2 is 1.56 bits per heavy atom. The number of rotatable bonds is 9. The van der Waals surface area contributed by atoms with Crippen LogP contribution in [0.2, 0.25) is 0 Å². The molecule has 2 aromatic rings. The highest BCUT2D eigenvalue weighted by Crippen LogP contribution is 2.30. The van der Waals surface area contributed by atoms with E-state index in [-0.39, 0.29) is 17.9 Å². The van der Waals surface area contributed by atoms with Crippen molar-refractivity contribution in [3.63, 3.8) is 0 Å². The Hall–Kier alpha value is -3.15. The van der Waals surface area contributed by atoms with E-state index in [1.165, 1.54) is 0 Å². The molecule has 1 amide bonds. The first-order valence-corrected chi connectivity index (χ1v) is 11.2. The van der Waals surface area contributed by atoms with Crippen LogP contribution < -0.4 is 5.32 Å². The van der Waals surface area contributed by atoms with Crippen molar-refractivity contribution in [1.29, 1.82) is 0 Å². The molecule has 1 fully saturated rings. The van der Waals surface area contributed by atoms with Gasteiger partial charge in [0, 0.05) is 12.0 Å². The number of carbonyl (C=O) groups is 3. The zero-order valence-corrected chi connectivity index (χ0v) is 18.4. The largest absolute Gasteiger partial charge is 0.481 e. The van der Waals surface area contributed by atoms with Crippen LogP contribution in [0.15, 0.2) is 54.6 Å². The molecule has 3 N–H and O–H groups in total. The van der Waals surface area contributed by atoms with Gasteiger partial charge in [-0.15, -0.1) is 0 Å². The summed E-state index contributed by atoms with van der Waals surface area (Å²) in [6, 6.07) is 17.8. The van der Waals surface area contributed by atoms with Gasteiger partial charge in [-0.05, 0) is 48.8 Å². The van der Waals surface area contributed by atoms with Crippen molar-refractivity contribution in [3.8, 4) is 11.1 Å². The molecule has 3 rings (SSSR count). The number of carboxylic acids is 2. The van der Waals surface area contributed by atoms with Crippen molar-refractivity contribution in [2.45, 2.75) is 51.5 Å². The number of carbonyl (C=O) groups excluding carboxylic acids is 1. The third-order valence-corrected chi connectivity index (χ3v) is 6.34. The Balaban J connectivity index is 1.69. The normalized spacial score (nSPS) is 20.2. The van der Waals surface area contributed by atoms with E-state index in [1.54, 1.807) is 6.92 Å². The van der Waals surface area contributed by atoms with Crippen molar-refractivity contribution in [2.75, 3.05) is 0 Å². The lowest BCUT2D eigenvalue weighted by molar-refractivity contribution is -0.145. The van der Waals surface area contributed by atoms with Gasteiger partial charge in [0.25, 0.3) is 0 Å². The van der Waals surface area contributed by atoms with Crippen LogP contribution in [0.3, 0.4) is 0 Å². The Bertz CT molecular complexity index is 925. The number of hydrogen-bond donors (Lipinski definition) is 3. The quantitative estimate of drug-likeness (QED) is 0.540. The van der Waals surface area contributed by atoms with Gasteiger partial charge in [0.2, 0.25) is 5.91 Å². The molecular formula is C26H31NO5. The summed E-state index contributed by atoms with van der Waals surface area (Å²) >= 11 is 0. The summed E-state index contributed by atoms with van der Waals surface area (Å²) in [5, 5.41) is 21.7. The minimum Gasteiger partial charge on any atom is -0.481 e. The summed E-state index contributed by atoms with van der Waals surface area (Å²) in [6.45, 7) is 1.64. The molecule has 32 heavy (non-hydrogen) atoms. The Morgan fingerprint density at radius 1 is 0.938 bits per heavy atom. The van der Waals surface area contributed by atoms with Crippen LogP contribution in [-0.4, -0.2) is 34.1 Å². The first-order valence-electron chi connectivity index (χ1n) is 11.2. The zero-order valence-electron chi connectivity index (χ0n) is 18.4. The van der Waals surface area contributed by atoms with E-state index in [1.807, 2.05) is 54.6 Å². The first-order chi connectivity index (χ1) is 15.3. The van der Waals surface area contributed by atoms with E-state index in [9.17, 15) is 24.6 Å². The van der Waals surface area contributed by atoms with Gasteiger partial charge in [0.15, 0.2) is 0 Å². The van der Waals surface area contributed by atoms with Gasteiger partial charge in [0.05, 0.1) is 11.8 Å². The summed E-state index contributed by atoms with van der Waals surface area (Å²) in [6.07, 6.45) is 3.17. The zero-order chi connectivity index (χ0) is 23.1. The maximum absolute atomic E-state index is 12.9. The maximum Gasteiger partial charge on any atom is 0.306 e. The molecule has 1 aliphatic rings. The van der Waals surface area contributed by atoms with E-state index in [2.05, 4.69) is 5.32 Å². The first kappa shape index (κ1) is 23.5. The maximum atomic E-state index is 12.9. The Morgan fingerprint density at radius 3 is 2.19 bits per heavy atom.